The number of ether oxygens (including phenoxy) is 1. The largest absolute Gasteiger partial charge is 0.497 e. The Kier molecular flexibility index (Phi) is 5.97. The first kappa shape index (κ1) is 18.2. The Hall–Kier alpha value is -1.59. The summed E-state index contributed by atoms with van der Waals surface area (Å²) in [7, 11) is 1.69. The van der Waals surface area contributed by atoms with Gasteiger partial charge in [-0.25, -0.2) is 0 Å². The average Bonchev–Trinajstić information content (AvgIpc) is 3.01. The van der Waals surface area contributed by atoms with Crippen LogP contribution in [0.4, 0.5) is 0 Å². The van der Waals surface area contributed by atoms with E-state index in [0.29, 0.717) is 11.6 Å². The summed E-state index contributed by atoms with van der Waals surface area (Å²) in [6, 6.07) is 13.8. The summed E-state index contributed by atoms with van der Waals surface area (Å²) >= 11 is 7.72. The molecule has 0 aliphatic rings. The number of hydrogen-bond acceptors (Lipinski definition) is 4. The molecule has 0 radical (unpaired) electrons. The van der Waals surface area contributed by atoms with Crippen LogP contribution in [0.15, 0.2) is 47.8 Å². The third-order valence-corrected chi connectivity index (χ3v) is 5.51. The molecule has 3 nitrogen and oxygen atoms in total. The molecule has 5 heteroatoms. The van der Waals surface area contributed by atoms with E-state index in [1.807, 2.05) is 24.3 Å². The minimum atomic E-state index is -0.565. The second-order valence-corrected chi connectivity index (χ2v) is 7.55. The molecule has 132 valence electrons. The van der Waals surface area contributed by atoms with E-state index in [1.54, 1.807) is 24.5 Å². The fourth-order valence-corrected chi connectivity index (χ4v) is 4.10. The molecule has 2 unspecified atom stereocenters. The third kappa shape index (κ3) is 4.53. The minimum absolute atomic E-state index is 0.258. The Labute approximate surface area is 157 Å². The quantitative estimate of drug-likeness (QED) is 0.622. The summed E-state index contributed by atoms with van der Waals surface area (Å²) in [5.74, 6) is 0.886. The van der Waals surface area contributed by atoms with E-state index >= 15 is 0 Å². The number of methoxy groups -OCH3 is 1. The second kappa shape index (κ2) is 8.19. The van der Waals surface area contributed by atoms with Gasteiger partial charge in [-0.1, -0.05) is 23.7 Å². The Morgan fingerprint density at radius 3 is 2.84 bits per heavy atom. The van der Waals surface area contributed by atoms with Crippen molar-refractivity contribution in [2.45, 2.75) is 25.5 Å². The van der Waals surface area contributed by atoms with Crippen molar-refractivity contribution < 1.29 is 9.84 Å². The molecule has 0 amide bonds. The van der Waals surface area contributed by atoms with Crippen LogP contribution in [0.3, 0.4) is 0 Å². The number of hydrogen-bond donors (Lipinski definition) is 2. The fourth-order valence-electron chi connectivity index (χ4n) is 2.90. The van der Waals surface area contributed by atoms with E-state index in [-0.39, 0.29) is 6.04 Å². The van der Waals surface area contributed by atoms with Crippen LogP contribution < -0.4 is 10.1 Å². The first-order valence-electron chi connectivity index (χ1n) is 8.28. The Morgan fingerprint density at radius 1 is 1.24 bits per heavy atom. The van der Waals surface area contributed by atoms with E-state index < -0.39 is 6.10 Å². The summed E-state index contributed by atoms with van der Waals surface area (Å²) in [4.78, 5) is 0. The van der Waals surface area contributed by atoms with E-state index in [1.165, 1.54) is 15.6 Å². The maximum atomic E-state index is 10.3. The SMILES string of the molecule is COc1ccc2c(CC(C)NCC(O)c3cccc(Cl)c3)csc2c1. The number of thiophene rings is 1. The molecular formula is C20H22ClNO2S. The molecule has 2 atom stereocenters. The Morgan fingerprint density at radius 2 is 2.08 bits per heavy atom. The van der Waals surface area contributed by atoms with Gasteiger partial charge in [-0.05, 0) is 65.6 Å². The second-order valence-electron chi connectivity index (χ2n) is 6.21. The lowest BCUT2D eigenvalue weighted by Gasteiger charge is -2.17. The molecule has 0 spiro atoms. The summed E-state index contributed by atoms with van der Waals surface area (Å²) < 4.78 is 6.52. The summed E-state index contributed by atoms with van der Waals surface area (Å²) in [5.41, 5.74) is 2.15. The standard InChI is InChI=1S/C20H22ClNO2S/c1-13(22-11-19(23)14-4-3-5-16(21)9-14)8-15-12-25-20-10-17(24-2)6-7-18(15)20/h3-7,9-10,12-13,19,22-23H,8,11H2,1-2H3. The highest BCUT2D eigenvalue weighted by atomic mass is 35.5. The lowest BCUT2D eigenvalue weighted by molar-refractivity contribution is 0.170. The van der Waals surface area contributed by atoms with Crippen molar-refractivity contribution in [1.82, 2.24) is 5.32 Å². The van der Waals surface area contributed by atoms with Gasteiger partial charge < -0.3 is 15.2 Å². The summed E-state index contributed by atoms with van der Waals surface area (Å²) in [6.07, 6.45) is 0.346. The molecule has 2 aromatic carbocycles. The minimum Gasteiger partial charge on any atom is -0.497 e. The van der Waals surface area contributed by atoms with Crippen LogP contribution in [0.1, 0.15) is 24.2 Å². The van der Waals surface area contributed by atoms with Gasteiger partial charge in [-0.3, -0.25) is 0 Å². The van der Waals surface area contributed by atoms with Gasteiger partial charge in [0.2, 0.25) is 0 Å². The predicted molar refractivity (Wildman–Crippen MR) is 106 cm³/mol. The van der Waals surface area contributed by atoms with Crippen LogP contribution in [-0.4, -0.2) is 24.8 Å². The topological polar surface area (TPSA) is 41.5 Å². The predicted octanol–water partition coefficient (Wildman–Crippen LogP) is 4.82. The molecule has 0 aliphatic carbocycles. The van der Waals surface area contributed by atoms with E-state index in [0.717, 1.165) is 17.7 Å². The average molecular weight is 376 g/mol. The van der Waals surface area contributed by atoms with E-state index in [4.69, 9.17) is 16.3 Å². The third-order valence-electron chi connectivity index (χ3n) is 4.28. The molecule has 2 N–H and O–H groups in total. The van der Waals surface area contributed by atoms with Crippen LogP contribution in [0.2, 0.25) is 5.02 Å². The van der Waals surface area contributed by atoms with Crippen molar-refractivity contribution in [3.8, 4) is 5.75 Å². The van der Waals surface area contributed by atoms with Crippen LogP contribution in [-0.2, 0) is 6.42 Å². The number of rotatable bonds is 7. The molecule has 0 aliphatic heterocycles. The van der Waals surface area contributed by atoms with Gasteiger partial charge in [0, 0.05) is 22.3 Å². The zero-order valence-corrected chi connectivity index (χ0v) is 15.9. The Balaban J connectivity index is 1.60. The van der Waals surface area contributed by atoms with Gasteiger partial charge in [-0.15, -0.1) is 11.3 Å². The van der Waals surface area contributed by atoms with Gasteiger partial charge in [-0.2, -0.15) is 0 Å². The number of benzene rings is 2. The first-order valence-corrected chi connectivity index (χ1v) is 9.53. The highest BCUT2D eigenvalue weighted by Crippen LogP contribution is 2.30. The molecule has 25 heavy (non-hydrogen) atoms. The van der Waals surface area contributed by atoms with Gasteiger partial charge in [0.1, 0.15) is 5.75 Å². The van der Waals surface area contributed by atoms with Crippen molar-refractivity contribution >= 4 is 33.0 Å². The Bertz CT molecular complexity index is 849. The molecule has 3 aromatic rings. The van der Waals surface area contributed by atoms with Gasteiger partial charge in [0.25, 0.3) is 0 Å². The highest BCUT2D eigenvalue weighted by molar-refractivity contribution is 7.17. The van der Waals surface area contributed by atoms with Crippen molar-refractivity contribution in [2.24, 2.45) is 0 Å². The van der Waals surface area contributed by atoms with Crippen molar-refractivity contribution in [2.75, 3.05) is 13.7 Å². The molecule has 0 saturated carbocycles. The molecule has 0 bridgehead atoms. The fraction of sp³-hybridized carbons (Fsp3) is 0.300. The first-order chi connectivity index (χ1) is 12.1. The number of aliphatic hydroxyl groups is 1. The molecule has 0 saturated heterocycles. The van der Waals surface area contributed by atoms with Crippen molar-refractivity contribution in [3.05, 3.63) is 64.0 Å². The molecule has 3 rings (SSSR count). The molecular weight excluding hydrogens is 354 g/mol. The number of aliphatic hydroxyl groups excluding tert-OH is 1. The molecule has 1 aromatic heterocycles. The maximum Gasteiger partial charge on any atom is 0.120 e. The van der Waals surface area contributed by atoms with Gasteiger partial charge in [0.15, 0.2) is 0 Å². The normalized spacial score (nSPS) is 13.8. The van der Waals surface area contributed by atoms with Crippen LogP contribution in [0.5, 0.6) is 5.75 Å². The lowest BCUT2D eigenvalue weighted by atomic mass is 10.0. The summed E-state index contributed by atoms with van der Waals surface area (Å²) in [5, 5.41) is 17.8. The number of nitrogens with one attached hydrogen (secondary N) is 1. The molecule has 0 fully saturated rings. The zero-order valence-electron chi connectivity index (χ0n) is 14.3. The zero-order chi connectivity index (χ0) is 17.8. The smallest absolute Gasteiger partial charge is 0.120 e. The number of fused-ring (bicyclic) bond motifs is 1. The maximum absolute atomic E-state index is 10.3. The van der Waals surface area contributed by atoms with Crippen LogP contribution in [0.25, 0.3) is 10.1 Å². The van der Waals surface area contributed by atoms with E-state index in [2.05, 4.69) is 29.8 Å². The number of halogens is 1. The highest BCUT2D eigenvalue weighted by Gasteiger charge is 2.12. The van der Waals surface area contributed by atoms with Crippen molar-refractivity contribution in [3.63, 3.8) is 0 Å². The van der Waals surface area contributed by atoms with Gasteiger partial charge >= 0.3 is 0 Å². The van der Waals surface area contributed by atoms with E-state index in [9.17, 15) is 5.11 Å². The molecule has 1 heterocycles. The van der Waals surface area contributed by atoms with Crippen LogP contribution >= 0.6 is 22.9 Å². The van der Waals surface area contributed by atoms with Crippen molar-refractivity contribution in [1.29, 1.82) is 0 Å². The lowest BCUT2D eigenvalue weighted by Crippen LogP contribution is -2.32. The van der Waals surface area contributed by atoms with Crippen LogP contribution in [0, 0.1) is 0 Å². The van der Waals surface area contributed by atoms with Gasteiger partial charge in [0.05, 0.1) is 13.2 Å². The summed E-state index contributed by atoms with van der Waals surface area (Å²) in [6.45, 7) is 2.63. The monoisotopic (exact) mass is 375 g/mol.